The lowest BCUT2D eigenvalue weighted by Gasteiger charge is -2.13. The molecule has 0 atom stereocenters. The van der Waals surface area contributed by atoms with E-state index in [9.17, 15) is 22.8 Å². The second kappa shape index (κ2) is 6.37. The van der Waals surface area contributed by atoms with Crippen molar-refractivity contribution in [2.75, 3.05) is 10.6 Å². The molecule has 5 nitrogen and oxygen atoms in total. The summed E-state index contributed by atoms with van der Waals surface area (Å²) in [5.41, 5.74) is -0.860. The van der Waals surface area contributed by atoms with Crippen molar-refractivity contribution in [1.29, 1.82) is 0 Å². The largest absolute Gasteiger partial charge is 0.418 e. The van der Waals surface area contributed by atoms with Gasteiger partial charge in [0.2, 0.25) is 0 Å². The molecule has 1 heterocycles. The van der Waals surface area contributed by atoms with Crippen LogP contribution in [0.5, 0.6) is 0 Å². The number of hydrogen-bond acceptors (Lipinski definition) is 4. The first-order chi connectivity index (χ1) is 10.7. The minimum atomic E-state index is -4.58. The van der Waals surface area contributed by atoms with Gasteiger partial charge < -0.3 is 5.32 Å². The van der Waals surface area contributed by atoms with Crippen LogP contribution >= 0.6 is 11.3 Å². The van der Waals surface area contributed by atoms with Crippen molar-refractivity contribution in [2.24, 2.45) is 0 Å². The number of amides is 2. The molecule has 2 N–H and O–H groups in total. The van der Waals surface area contributed by atoms with Crippen molar-refractivity contribution in [2.45, 2.75) is 20.0 Å². The quantitative estimate of drug-likeness (QED) is 0.816. The van der Waals surface area contributed by atoms with Crippen LogP contribution in [-0.4, -0.2) is 16.8 Å². The van der Waals surface area contributed by atoms with Crippen LogP contribution in [0.3, 0.4) is 0 Å². The molecule has 0 aliphatic heterocycles. The number of nitrogens with zero attached hydrogens (tertiary/aromatic N) is 1. The number of urea groups is 1. The Bertz CT molecular complexity index is 756. The van der Waals surface area contributed by atoms with Gasteiger partial charge in [-0.25, -0.2) is 9.78 Å². The topological polar surface area (TPSA) is 71.1 Å². The van der Waals surface area contributed by atoms with E-state index >= 15 is 0 Å². The maximum absolute atomic E-state index is 12.9. The van der Waals surface area contributed by atoms with E-state index in [0.717, 1.165) is 23.5 Å². The number of thiazole rings is 1. The van der Waals surface area contributed by atoms with Gasteiger partial charge in [0.15, 0.2) is 10.9 Å². The van der Waals surface area contributed by atoms with E-state index in [4.69, 9.17) is 0 Å². The van der Waals surface area contributed by atoms with Gasteiger partial charge in [-0.1, -0.05) is 23.5 Å². The van der Waals surface area contributed by atoms with Gasteiger partial charge in [0, 0.05) is 6.92 Å². The second-order valence-electron chi connectivity index (χ2n) is 4.61. The predicted molar refractivity (Wildman–Crippen MR) is 80.9 cm³/mol. The number of alkyl halides is 3. The molecule has 23 heavy (non-hydrogen) atoms. The highest BCUT2D eigenvalue weighted by Crippen LogP contribution is 2.34. The van der Waals surface area contributed by atoms with Gasteiger partial charge in [-0.05, 0) is 19.1 Å². The van der Waals surface area contributed by atoms with E-state index in [1.807, 2.05) is 0 Å². The fourth-order valence-corrected chi connectivity index (χ4v) is 2.72. The zero-order chi connectivity index (χ0) is 17.2. The summed E-state index contributed by atoms with van der Waals surface area (Å²) in [6.07, 6.45) is -4.58. The van der Waals surface area contributed by atoms with Crippen molar-refractivity contribution < 1.29 is 22.8 Å². The lowest BCUT2D eigenvalue weighted by atomic mass is 10.1. The van der Waals surface area contributed by atoms with Crippen LogP contribution in [-0.2, 0) is 6.18 Å². The van der Waals surface area contributed by atoms with Crippen LogP contribution in [0.1, 0.15) is 27.9 Å². The number of rotatable bonds is 3. The highest BCUT2D eigenvalue weighted by Gasteiger charge is 2.33. The second-order valence-corrected chi connectivity index (χ2v) is 5.61. The predicted octanol–water partition coefficient (Wildman–Crippen LogP) is 4.32. The van der Waals surface area contributed by atoms with Gasteiger partial charge in [-0.2, -0.15) is 13.2 Å². The Hall–Kier alpha value is -2.42. The van der Waals surface area contributed by atoms with Crippen molar-refractivity contribution in [3.63, 3.8) is 0 Å². The number of Topliss-reactive ketones (excluding diaryl/α,β-unsaturated/α-hetero) is 1. The molecule has 0 spiro atoms. The van der Waals surface area contributed by atoms with E-state index < -0.39 is 17.8 Å². The number of carbonyl (C=O) groups is 2. The summed E-state index contributed by atoms with van der Waals surface area (Å²) in [6.45, 7) is 2.97. The van der Waals surface area contributed by atoms with Crippen LogP contribution in [0.25, 0.3) is 0 Å². The van der Waals surface area contributed by atoms with Gasteiger partial charge in [-0.3, -0.25) is 10.1 Å². The zero-order valence-corrected chi connectivity index (χ0v) is 12.9. The van der Waals surface area contributed by atoms with Crippen molar-refractivity contribution in [3.05, 3.63) is 40.4 Å². The zero-order valence-electron chi connectivity index (χ0n) is 12.1. The highest BCUT2D eigenvalue weighted by atomic mass is 32.1. The average molecular weight is 343 g/mol. The number of carbonyl (C=O) groups excluding carboxylic acids is 2. The fraction of sp³-hybridized carbons (Fsp3) is 0.214. The number of halogens is 3. The number of benzene rings is 1. The average Bonchev–Trinajstić information content (AvgIpc) is 2.78. The third-order valence-electron chi connectivity index (χ3n) is 2.82. The molecule has 0 bridgehead atoms. The van der Waals surface area contributed by atoms with Gasteiger partial charge in [0.1, 0.15) is 0 Å². The first-order valence-electron chi connectivity index (χ1n) is 6.41. The Morgan fingerprint density at radius 1 is 1.17 bits per heavy atom. The maximum Gasteiger partial charge on any atom is 0.418 e. The molecule has 2 amide bonds. The summed E-state index contributed by atoms with van der Waals surface area (Å²) < 4.78 is 38.6. The Morgan fingerprint density at radius 2 is 1.83 bits per heavy atom. The molecule has 1 aromatic carbocycles. The summed E-state index contributed by atoms with van der Waals surface area (Å²) in [6, 6.07) is 3.76. The number of para-hydroxylation sites is 1. The summed E-state index contributed by atoms with van der Waals surface area (Å²) in [4.78, 5) is 27.5. The molecular weight excluding hydrogens is 331 g/mol. The normalized spacial score (nSPS) is 11.2. The summed E-state index contributed by atoms with van der Waals surface area (Å²) in [5, 5.41) is 4.59. The molecule has 122 valence electrons. The number of ketones is 1. The van der Waals surface area contributed by atoms with Crippen molar-refractivity contribution in [3.8, 4) is 0 Å². The van der Waals surface area contributed by atoms with E-state index in [0.29, 0.717) is 10.6 Å². The monoisotopic (exact) mass is 343 g/mol. The summed E-state index contributed by atoms with van der Waals surface area (Å²) >= 11 is 0.961. The number of nitrogens with one attached hydrogen (secondary N) is 2. The van der Waals surface area contributed by atoms with Crippen LogP contribution in [0.15, 0.2) is 24.3 Å². The Balaban J connectivity index is 2.15. The number of hydrogen-bond donors (Lipinski definition) is 2. The third-order valence-corrected chi connectivity index (χ3v) is 3.99. The summed E-state index contributed by atoms with van der Waals surface area (Å²) in [5.74, 6) is -0.198. The Labute approximate surface area is 133 Å². The molecule has 0 saturated heterocycles. The molecule has 0 radical (unpaired) electrons. The number of aromatic nitrogens is 1. The fourth-order valence-electron chi connectivity index (χ4n) is 1.87. The van der Waals surface area contributed by atoms with Crippen molar-refractivity contribution in [1.82, 2.24) is 4.98 Å². The Morgan fingerprint density at radius 3 is 2.39 bits per heavy atom. The van der Waals surface area contributed by atoms with Gasteiger partial charge in [0.25, 0.3) is 0 Å². The first kappa shape index (κ1) is 16.9. The summed E-state index contributed by atoms with van der Waals surface area (Å²) in [7, 11) is 0. The molecule has 0 saturated carbocycles. The minimum absolute atomic E-state index is 0.134. The highest BCUT2D eigenvalue weighted by molar-refractivity contribution is 7.17. The molecule has 2 aromatic rings. The number of anilines is 2. The van der Waals surface area contributed by atoms with Crippen LogP contribution in [0, 0.1) is 6.92 Å². The van der Waals surface area contributed by atoms with Gasteiger partial charge in [0.05, 0.1) is 21.8 Å². The smallest absolute Gasteiger partial charge is 0.307 e. The SMILES string of the molecule is CC(=O)c1sc(NC(=O)Nc2ccccc2C(F)(F)F)nc1C. The lowest BCUT2D eigenvalue weighted by Crippen LogP contribution is -2.21. The van der Waals surface area contributed by atoms with Crippen LogP contribution in [0.2, 0.25) is 0 Å². The molecule has 0 fully saturated rings. The minimum Gasteiger partial charge on any atom is -0.307 e. The van der Waals surface area contributed by atoms with Crippen LogP contribution in [0.4, 0.5) is 28.8 Å². The molecular formula is C14H12F3N3O2S. The molecule has 0 aliphatic rings. The van der Waals surface area contributed by atoms with Gasteiger partial charge in [-0.15, -0.1) is 0 Å². The molecule has 9 heteroatoms. The van der Waals surface area contributed by atoms with E-state index in [2.05, 4.69) is 15.6 Å². The van der Waals surface area contributed by atoms with E-state index in [-0.39, 0.29) is 16.6 Å². The molecule has 2 rings (SSSR count). The maximum atomic E-state index is 12.9. The number of aryl methyl sites for hydroxylation is 1. The third kappa shape index (κ3) is 4.07. The van der Waals surface area contributed by atoms with E-state index in [1.54, 1.807) is 6.92 Å². The molecule has 0 unspecified atom stereocenters. The van der Waals surface area contributed by atoms with Crippen molar-refractivity contribution >= 4 is 34.0 Å². The first-order valence-corrected chi connectivity index (χ1v) is 7.22. The van der Waals surface area contributed by atoms with Crippen LogP contribution < -0.4 is 10.6 Å². The standard InChI is InChI=1S/C14H12F3N3O2S/c1-7-11(8(2)21)23-13(18-7)20-12(22)19-10-6-4-3-5-9(10)14(15,16)17/h3-6H,1-2H3,(H2,18,19,20,22). The molecule has 1 aromatic heterocycles. The lowest BCUT2D eigenvalue weighted by molar-refractivity contribution is -0.136. The van der Waals surface area contributed by atoms with E-state index in [1.165, 1.54) is 19.1 Å². The van der Waals surface area contributed by atoms with Gasteiger partial charge >= 0.3 is 12.2 Å². The molecule has 0 aliphatic carbocycles. The Kier molecular flexibility index (Phi) is 4.69.